The van der Waals surface area contributed by atoms with E-state index in [2.05, 4.69) is 0 Å². The zero-order chi connectivity index (χ0) is 10.4. The second-order valence-electron chi connectivity index (χ2n) is 3.14. The molecule has 78 valence electrons. The van der Waals surface area contributed by atoms with Crippen LogP contribution in [0.4, 0.5) is 4.39 Å². The number of nitrogens with two attached hydrogens (primary N) is 1. The Balaban J connectivity index is 2.64. The lowest BCUT2D eigenvalue weighted by Crippen LogP contribution is -2.18. The van der Waals surface area contributed by atoms with Crippen LogP contribution >= 0.6 is 0 Å². The third-order valence-electron chi connectivity index (χ3n) is 2.15. The van der Waals surface area contributed by atoms with Gasteiger partial charge >= 0.3 is 0 Å². The summed E-state index contributed by atoms with van der Waals surface area (Å²) in [6.07, 6.45) is 0. The number of ether oxygens (including phenoxy) is 1. The van der Waals surface area contributed by atoms with Crippen molar-refractivity contribution in [3.63, 3.8) is 0 Å². The molecule has 0 saturated carbocycles. The van der Waals surface area contributed by atoms with Crippen molar-refractivity contribution in [2.24, 2.45) is 5.73 Å². The lowest BCUT2D eigenvalue weighted by atomic mass is 10.0. The van der Waals surface area contributed by atoms with Crippen LogP contribution in [0.25, 0.3) is 0 Å². The average Bonchev–Trinajstić information content (AvgIpc) is 2.21. The molecule has 14 heavy (non-hydrogen) atoms. The first-order valence-electron chi connectivity index (χ1n) is 4.81. The van der Waals surface area contributed by atoms with Crippen LogP contribution < -0.4 is 5.73 Å². The van der Waals surface area contributed by atoms with Crippen LogP contribution in [0.3, 0.4) is 0 Å². The van der Waals surface area contributed by atoms with Crippen molar-refractivity contribution in [3.05, 3.63) is 35.6 Å². The molecule has 1 aromatic carbocycles. The van der Waals surface area contributed by atoms with Crippen LogP contribution in [0.2, 0.25) is 0 Å². The van der Waals surface area contributed by atoms with Gasteiger partial charge in [0.2, 0.25) is 0 Å². The van der Waals surface area contributed by atoms with Gasteiger partial charge < -0.3 is 10.5 Å². The van der Waals surface area contributed by atoms with Crippen molar-refractivity contribution in [1.82, 2.24) is 0 Å². The maximum atomic E-state index is 12.6. The van der Waals surface area contributed by atoms with Crippen LogP contribution in [0.1, 0.15) is 18.4 Å². The van der Waals surface area contributed by atoms with Gasteiger partial charge in [0.1, 0.15) is 5.82 Å². The minimum atomic E-state index is -0.221. The fourth-order valence-corrected chi connectivity index (χ4v) is 1.30. The molecule has 0 aliphatic rings. The van der Waals surface area contributed by atoms with Crippen molar-refractivity contribution < 1.29 is 9.13 Å². The highest BCUT2D eigenvalue weighted by atomic mass is 19.1. The Hall–Kier alpha value is -0.930. The van der Waals surface area contributed by atoms with Crippen molar-refractivity contribution in [3.8, 4) is 0 Å². The molecule has 1 rings (SSSR count). The zero-order valence-electron chi connectivity index (χ0n) is 8.37. The molecule has 0 aliphatic heterocycles. The summed E-state index contributed by atoms with van der Waals surface area (Å²) >= 11 is 0. The van der Waals surface area contributed by atoms with Crippen LogP contribution in [-0.4, -0.2) is 19.8 Å². The molecule has 1 aromatic rings. The second-order valence-corrected chi connectivity index (χ2v) is 3.14. The highest BCUT2D eigenvalue weighted by Gasteiger charge is 2.09. The third kappa shape index (κ3) is 3.09. The summed E-state index contributed by atoms with van der Waals surface area (Å²) in [5.74, 6) is -0.0588. The number of halogens is 1. The first-order valence-corrected chi connectivity index (χ1v) is 4.81. The van der Waals surface area contributed by atoms with Gasteiger partial charge in [0.05, 0.1) is 6.61 Å². The Morgan fingerprint density at radius 3 is 2.50 bits per heavy atom. The minimum Gasteiger partial charge on any atom is -0.381 e. The van der Waals surface area contributed by atoms with Crippen LogP contribution in [0.15, 0.2) is 24.3 Å². The highest BCUT2D eigenvalue weighted by Crippen LogP contribution is 2.15. The number of rotatable bonds is 5. The van der Waals surface area contributed by atoms with E-state index in [1.54, 1.807) is 12.1 Å². The summed E-state index contributed by atoms with van der Waals surface area (Å²) in [4.78, 5) is 0. The molecule has 0 amide bonds. The molecule has 0 radical (unpaired) electrons. The van der Waals surface area contributed by atoms with Gasteiger partial charge in [0.15, 0.2) is 0 Å². The molecule has 0 saturated heterocycles. The van der Waals surface area contributed by atoms with E-state index in [0.717, 1.165) is 5.56 Å². The van der Waals surface area contributed by atoms with Crippen molar-refractivity contribution >= 4 is 0 Å². The van der Waals surface area contributed by atoms with Gasteiger partial charge in [-0.1, -0.05) is 12.1 Å². The second kappa shape index (κ2) is 5.73. The van der Waals surface area contributed by atoms with E-state index < -0.39 is 0 Å². The number of benzene rings is 1. The Labute approximate surface area is 83.9 Å². The largest absolute Gasteiger partial charge is 0.381 e. The van der Waals surface area contributed by atoms with Gasteiger partial charge in [-0.25, -0.2) is 4.39 Å². The molecule has 0 fully saturated rings. The Bertz CT molecular complexity index is 260. The van der Waals surface area contributed by atoms with Crippen LogP contribution in [-0.2, 0) is 4.74 Å². The molecule has 0 aliphatic carbocycles. The monoisotopic (exact) mass is 197 g/mol. The van der Waals surface area contributed by atoms with Crippen LogP contribution in [0.5, 0.6) is 0 Å². The maximum absolute atomic E-state index is 12.6. The number of hydrogen-bond donors (Lipinski definition) is 1. The van der Waals surface area contributed by atoms with Gasteiger partial charge in [0.25, 0.3) is 0 Å². The standard InChI is InChI=1S/C11H16FNO/c1-2-14-8-10(7-13)9-3-5-11(12)6-4-9/h3-6,10H,2,7-8,13H2,1H3. The van der Waals surface area contributed by atoms with E-state index in [0.29, 0.717) is 19.8 Å². The fourth-order valence-electron chi connectivity index (χ4n) is 1.30. The summed E-state index contributed by atoms with van der Waals surface area (Å²) in [5.41, 5.74) is 6.64. The van der Waals surface area contributed by atoms with Crippen molar-refractivity contribution in [2.75, 3.05) is 19.8 Å². The smallest absolute Gasteiger partial charge is 0.123 e. The molecule has 3 heteroatoms. The van der Waals surface area contributed by atoms with E-state index in [1.807, 2.05) is 6.92 Å². The first kappa shape index (κ1) is 11.1. The molecule has 0 aromatic heterocycles. The van der Waals surface area contributed by atoms with Crippen molar-refractivity contribution in [1.29, 1.82) is 0 Å². The van der Waals surface area contributed by atoms with Gasteiger partial charge in [0, 0.05) is 19.1 Å². The fraction of sp³-hybridized carbons (Fsp3) is 0.455. The van der Waals surface area contributed by atoms with E-state index in [1.165, 1.54) is 12.1 Å². The van der Waals surface area contributed by atoms with E-state index in [9.17, 15) is 4.39 Å². The topological polar surface area (TPSA) is 35.2 Å². The zero-order valence-corrected chi connectivity index (χ0v) is 8.37. The molecule has 2 nitrogen and oxygen atoms in total. The normalized spacial score (nSPS) is 12.8. The molecule has 1 atom stereocenters. The summed E-state index contributed by atoms with van der Waals surface area (Å²) in [6.45, 7) is 3.74. The highest BCUT2D eigenvalue weighted by molar-refractivity contribution is 5.20. The van der Waals surface area contributed by atoms with Crippen molar-refractivity contribution in [2.45, 2.75) is 12.8 Å². The Morgan fingerprint density at radius 1 is 1.36 bits per heavy atom. The summed E-state index contributed by atoms with van der Waals surface area (Å²) in [7, 11) is 0. The quantitative estimate of drug-likeness (QED) is 0.782. The minimum absolute atomic E-state index is 0.163. The van der Waals surface area contributed by atoms with Crippen LogP contribution in [0, 0.1) is 5.82 Å². The molecule has 0 bridgehead atoms. The lowest BCUT2D eigenvalue weighted by Gasteiger charge is -2.14. The predicted molar refractivity (Wildman–Crippen MR) is 54.7 cm³/mol. The molecule has 0 heterocycles. The lowest BCUT2D eigenvalue weighted by molar-refractivity contribution is 0.134. The Kier molecular flexibility index (Phi) is 4.56. The summed E-state index contributed by atoms with van der Waals surface area (Å²) in [5, 5.41) is 0. The molecule has 2 N–H and O–H groups in total. The van der Waals surface area contributed by atoms with E-state index in [4.69, 9.17) is 10.5 Å². The summed E-state index contributed by atoms with van der Waals surface area (Å²) < 4.78 is 17.9. The van der Waals surface area contributed by atoms with E-state index in [-0.39, 0.29) is 11.7 Å². The SMILES string of the molecule is CCOCC(CN)c1ccc(F)cc1. The van der Waals surface area contributed by atoms with Gasteiger partial charge in [-0.15, -0.1) is 0 Å². The first-order chi connectivity index (χ1) is 6.77. The van der Waals surface area contributed by atoms with Gasteiger partial charge in [-0.05, 0) is 24.6 Å². The molecule has 0 spiro atoms. The molecular formula is C11H16FNO. The third-order valence-corrected chi connectivity index (χ3v) is 2.15. The van der Waals surface area contributed by atoms with Gasteiger partial charge in [-0.3, -0.25) is 0 Å². The Morgan fingerprint density at radius 2 is 2.00 bits per heavy atom. The number of hydrogen-bond acceptors (Lipinski definition) is 2. The molecule has 1 unspecified atom stereocenters. The predicted octanol–water partition coefficient (Wildman–Crippen LogP) is 1.90. The maximum Gasteiger partial charge on any atom is 0.123 e. The van der Waals surface area contributed by atoms with Gasteiger partial charge in [-0.2, -0.15) is 0 Å². The molecular weight excluding hydrogens is 181 g/mol. The summed E-state index contributed by atoms with van der Waals surface area (Å²) in [6, 6.07) is 6.41. The average molecular weight is 197 g/mol. The van der Waals surface area contributed by atoms with E-state index >= 15 is 0 Å².